The van der Waals surface area contributed by atoms with Crippen molar-refractivity contribution in [2.24, 2.45) is 0 Å². The normalized spacial score (nSPS) is 17.4. The topological polar surface area (TPSA) is 62.3 Å². The molecule has 0 aliphatic carbocycles. The van der Waals surface area contributed by atoms with Crippen LogP contribution in [0.1, 0.15) is 5.56 Å². The summed E-state index contributed by atoms with van der Waals surface area (Å²) in [4.78, 5) is 32.3. The minimum Gasteiger partial charge on any atom is -0.497 e. The number of hydrogen-bond donors (Lipinski definition) is 0. The number of carbonyl (C=O) groups is 2. The highest BCUT2D eigenvalue weighted by molar-refractivity contribution is 7.81. The van der Waals surface area contributed by atoms with E-state index in [1.165, 1.54) is 15.9 Å². The van der Waals surface area contributed by atoms with Gasteiger partial charge in [0.2, 0.25) is 0 Å². The molecule has 2 fully saturated rings. The highest BCUT2D eigenvalue weighted by Gasteiger charge is 2.42. The molecule has 2 aliphatic rings. The number of nitrogens with zero attached hydrogens (tertiary/aromatic N) is 3. The number of carbonyl (C=O) groups excluding carboxylic acids is 2. The third-order valence-corrected chi connectivity index (χ3v) is 7.30. The molecule has 3 aromatic carbocycles. The van der Waals surface area contributed by atoms with E-state index in [1.54, 1.807) is 49.6 Å². The fourth-order valence-corrected chi connectivity index (χ4v) is 5.29. The van der Waals surface area contributed by atoms with Crippen LogP contribution >= 0.6 is 35.4 Å². The predicted molar refractivity (Wildman–Crippen MR) is 154 cm³/mol. The molecule has 0 spiro atoms. The van der Waals surface area contributed by atoms with Crippen LogP contribution in [0.4, 0.5) is 17.1 Å². The molecule has 2 amide bonds. The van der Waals surface area contributed by atoms with E-state index < -0.39 is 11.8 Å². The van der Waals surface area contributed by atoms with E-state index in [1.807, 2.05) is 24.3 Å². The highest BCUT2D eigenvalue weighted by atomic mass is 35.5. The van der Waals surface area contributed by atoms with E-state index in [0.717, 1.165) is 18.8 Å². The first-order valence-corrected chi connectivity index (χ1v) is 13.0. The van der Waals surface area contributed by atoms with E-state index in [-0.39, 0.29) is 26.4 Å². The maximum absolute atomic E-state index is 13.8. The minimum atomic E-state index is -0.619. The van der Waals surface area contributed by atoms with Gasteiger partial charge in [0.1, 0.15) is 11.3 Å². The number of para-hydroxylation sites is 1. The van der Waals surface area contributed by atoms with Gasteiger partial charge in [-0.3, -0.25) is 14.5 Å². The fourth-order valence-electron chi connectivity index (χ4n) is 4.36. The predicted octanol–water partition coefficient (Wildman–Crippen LogP) is 5.59. The summed E-state index contributed by atoms with van der Waals surface area (Å²) < 4.78 is 10.7. The molecule has 0 N–H and O–H groups in total. The van der Waals surface area contributed by atoms with Crippen LogP contribution in [-0.4, -0.2) is 50.3 Å². The molecule has 0 saturated carbocycles. The molecule has 2 aliphatic heterocycles. The van der Waals surface area contributed by atoms with E-state index in [9.17, 15) is 9.59 Å². The molecule has 0 radical (unpaired) electrons. The number of thiocarbonyl (C=S) groups is 1. The van der Waals surface area contributed by atoms with Gasteiger partial charge >= 0.3 is 0 Å². The van der Waals surface area contributed by atoms with Crippen molar-refractivity contribution in [3.05, 3.63) is 87.9 Å². The molecule has 0 bridgehead atoms. The van der Waals surface area contributed by atoms with Gasteiger partial charge in [-0.25, -0.2) is 4.90 Å². The van der Waals surface area contributed by atoms with E-state index in [2.05, 4.69) is 4.90 Å². The van der Waals surface area contributed by atoms with Crippen LogP contribution < -0.4 is 19.4 Å². The molecular formula is C28H23Cl2N3O4S. The number of ether oxygens (including phenoxy) is 2. The zero-order chi connectivity index (χ0) is 26.8. The van der Waals surface area contributed by atoms with Crippen LogP contribution in [-0.2, 0) is 14.3 Å². The zero-order valence-corrected chi connectivity index (χ0v) is 22.7. The largest absolute Gasteiger partial charge is 0.497 e. The average molecular weight is 568 g/mol. The smallest absolute Gasteiger partial charge is 0.270 e. The van der Waals surface area contributed by atoms with Gasteiger partial charge in [-0.1, -0.05) is 41.4 Å². The first kappa shape index (κ1) is 26.2. The lowest BCUT2D eigenvalue weighted by atomic mass is 10.0. The molecule has 0 atom stereocenters. The minimum absolute atomic E-state index is 0.0407. The Morgan fingerprint density at radius 3 is 2.03 bits per heavy atom. The quantitative estimate of drug-likeness (QED) is 0.227. The summed E-state index contributed by atoms with van der Waals surface area (Å²) >= 11 is 18.7. The average Bonchev–Trinajstić information content (AvgIpc) is 2.94. The van der Waals surface area contributed by atoms with E-state index in [4.69, 9.17) is 44.9 Å². The van der Waals surface area contributed by atoms with Crippen LogP contribution in [0.5, 0.6) is 5.75 Å². The Morgan fingerprint density at radius 1 is 0.842 bits per heavy atom. The molecule has 0 unspecified atom stereocenters. The highest BCUT2D eigenvalue weighted by Crippen LogP contribution is 2.38. The second-order valence-corrected chi connectivity index (χ2v) is 9.76. The number of anilines is 3. The molecule has 2 heterocycles. The van der Waals surface area contributed by atoms with Gasteiger partial charge < -0.3 is 14.4 Å². The van der Waals surface area contributed by atoms with Crippen LogP contribution in [0, 0.1) is 0 Å². The van der Waals surface area contributed by atoms with Gasteiger partial charge in [0, 0.05) is 18.8 Å². The molecule has 194 valence electrons. The van der Waals surface area contributed by atoms with Gasteiger partial charge in [0.25, 0.3) is 11.8 Å². The third-order valence-electron chi connectivity index (χ3n) is 6.32. The molecular weight excluding hydrogens is 545 g/mol. The molecule has 10 heteroatoms. The number of rotatable bonds is 5. The lowest BCUT2D eigenvalue weighted by Crippen LogP contribution is -2.57. The summed E-state index contributed by atoms with van der Waals surface area (Å²) in [6, 6.07) is 19.4. The Bertz CT molecular complexity index is 1400. The van der Waals surface area contributed by atoms with Crippen molar-refractivity contribution in [1.29, 1.82) is 0 Å². The molecule has 3 aromatic rings. The number of benzene rings is 3. The molecule has 7 nitrogen and oxygen atoms in total. The van der Waals surface area contributed by atoms with Crippen molar-refractivity contribution in [1.82, 2.24) is 0 Å². The molecule has 5 rings (SSSR count). The van der Waals surface area contributed by atoms with Crippen LogP contribution in [0.2, 0.25) is 10.0 Å². The Morgan fingerprint density at radius 2 is 1.42 bits per heavy atom. The SMILES string of the molecule is COc1ccc(/C=C2\C(=O)N(c3ccc(N4CCOCC4)cc3)C(=S)N(c3c(Cl)cccc3Cl)C2=O)cc1. The number of methoxy groups -OCH3 is 1. The lowest BCUT2D eigenvalue weighted by Gasteiger charge is -2.37. The zero-order valence-electron chi connectivity index (χ0n) is 20.4. The lowest BCUT2D eigenvalue weighted by molar-refractivity contribution is -0.120. The summed E-state index contributed by atoms with van der Waals surface area (Å²) in [6.07, 6.45) is 1.53. The number of halogens is 2. The number of morpholine rings is 1. The van der Waals surface area contributed by atoms with Gasteiger partial charge in [0.05, 0.1) is 41.7 Å². The van der Waals surface area contributed by atoms with Crippen LogP contribution in [0.25, 0.3) is 6.08 Å². The Balaban J connectivity index is 1.59. The summed E-state index contributed by atoms with van der Waals surface area (Å²) in [6.45, 7) is 2.88. The maximum Gasteiger partial charge on any atom is 0.270 e. The van der Waals surface area contributed by atoms with Gasteiger partial charge in [-0.05, 0) is 72.4 Å². The van der Waals surface area contributed by atoms with Crippen molar-refractivity contribution in [2.45, 2.75) is 0 Å². The first-order valence-electron chi connectivity index (χ1n) is 11.8. The van der Waals surface area contributed by atoms with Crippen molar-refractivity contribution < 1.29 is 19.1 Å². The van der Waals surface area contributed by atoms with Gasteiger partial charge in [-0.15, -0.1) is 0 Å². The van der Waals surface area contributed by atoms with E-state index in [0.29, 0.717) is 30.2 Å². The Kier molecular flexibility index (Phi) is 7.67. The summed E-state index contributed by atoms with van der Waals surface area (Å²) in [5.74, 6) is -0.512. The summed E-state index contributed by atoms with van der Waals surface area (Å²) in [7, 11) is 1.57. The van der Waals surface area contributed by atoms with Gasteiger partial charge in [-0.2, -0.15) is 0 Å². The molecule has 0 aromatic heterocycles. The first-order chi connectivity index (χ1) is 18.4. The summed E-state index contributed by atoms with van der Waals surface area (Å²) in [5, 5.41) is 0.420. The Labute approximate surface area is 235 Å². The maximum atomic E-state index is 13.8. The number of amides is 2. The number of hydrogen-bond acceptors (Lipinski definition) is 6. The van der Waals surface area contributed by atoms with Crippen molar-refractivity contribution >= 4 is 75.5 Å². The fraction of sp³-hybridized carbons (Fsp3) is 0.179. The van der Waals surface area contributed by atoms with Gasteiger partial charge in [0.15, 0.2) is 5.11 Å². The second kappa shape index (κ2) is 11.1. The monoisotopic (exact) mass is 567 g/mol. The van der Waals surface area contributed by atoms with Crippen LogP contribution in [0.3, 0.4) is 0 Å². The standard InChI is InChI=1S/C28H23Cl2N3O4S/c1-36-21-11-5-18(6-12-21)17-22-26(34)32(20-9-7-19(8-10-20)31-13-15-37-16-14-31)28(38)33(27(22)35)25-23(29)3-2-4-24(25)30/h2-12,17H,13-16H2,1H3/b22-17+. The van der Waals surface area contributed by atoms with Crippen LogP contribution in [0.15, 0.2) is 72.3 Å². The van der Waals surface area contributed by atoms with E-state index >= 15 is 0 Å². The third kappa shape index (κ3) is 5.00. The second-order valence-electron chi connectivity index (χ2n) is 8.58. The van der Waals surface area contributed by atoms with Crippen molar-refractivity contribution in [3.8, 4) is 5.75 Å². The Hall–Kier alpha value is -3.43. The summed E-state index contributed by atoms with van der Waals surface area (Å²) in [5.41, 5.74) is 2.29. The van der Waals surface area contributed by atoms with Crippen molar-refractivity contribution in [3.63, 3.8) is 0 Å². The molecule has 2 saturated heterocycles. The van der Waals surface area contributed by atoms with Crippen molar-refractivity contribution in [2.75, 3.05) is 48.1 Å². The molecule has 38 heavy (non-hydrogen) atoms.